The number of thiophene rings is 1. The Kier molecular flexibility index (Phi) is 3.88. The van der Waals surface area contributed by atoms with Crippen molar-refractivity contribution < 1.29 is 9.90 Å². The van der Waals surface area contributed by atoms with Gasteiger partial charge in [0.2, 0.25) is 0 Å². The van der Waals surface area contributed by atoms with Crippen LogP contribution < -0.4 is 0 Å². The summed E-state index contributed by atoms with van der Waals surface area (Å²) in [7, 11) is 0. The lowest BCUT2D eigenvalue weighted by molar-refractivity contribution is 0.0702. The predicted octanol–water partition coefficient (Wildman–Crippen LogP) is 3.69. The van der Waals surface area contributed by atoms with E-state index in [0.29, 0.717) is 4.90 Å². The van der Waals surface area contributed by atoms with Crippen molar-refractivity contribution in [3.63, 3.8) is 0 Å². The van der Waals surface area contributed by atoms with Gasteiger partial charge >= 0.3 is 5.97 Å². The molecule has 1 N–H and O–H groups in total. The van der Waals surface area contributed by atoms with Gasteiger partial charge in [-0.25, -0.2) is 4.79 Å². The molecule has 0 aliphatic heterocycles. The Morgan fingerprint density at radius 2 is 2.12 bits per heavy atom. The van der Waals surface area contributed by atoms with E-state index in [4.69, 9.17) is 28.3 Å². The fourth-order valence-corrected chi connectivity index (χ4v) is 3.18. The first-order valence-corrected chi connectivity index (χ1v) is 6.70. The fraction of sp³-hybridized carbons (Fsp3) is 0. The first-order valence-electron chi connectivity index (χ1n) is 4.24. The number of rotatable bonds is 3. The zero-order valence-corrected chi connectivity index (χ0v) is 11.2. The molecule has 2 heterocycles. The molecule has 0 aromatic carbocycles. The average Bonchev–Trinajstić information content (AvgIpc) is 2.72. The van der Waals surface area contributed by atoms with Crippen molar-refractivity contribution in [1.29, 1.82) is 0 Å². The van der Waals surface area contributed by atoms with E-state index >= 15 is 0 Å². The van der Waals surface area contributed by atoms with E-state index in [1.54, 1.807) is 17.5 Å². The van der Waals surface area contributed by atoms with Crippen molar-refractivity contribution >= 4 is 52.3 Å². The molecule has 88 valence electrons. The van der Waals surface area contributed by atoms with Crippen LogP contribution in [0.2, 0.25) is 10.3 Å². The summed E-state index contributed by atoms with van der Waals surface area (Å²) in [6.45, 7) is 0. The smallest absolute Gasteiger partial charge is 0.345 e. The van der Waals surface area contributed by atoms with Crippen LogP contribution in [-0.2, 0) is 0 Å². The van der Waals surface area contributed by atoms with Crippen molar-refractivity contribution in [1.82, 2.24) is 10.2 Å². The summed E-state index contributed by atoms with van der Waals surface area (Å²) in [6.07, 6.45) is 0. The maximum atomic E-state index is 10.7. The number of carbonyl (C=O) groups is 1. The van der Waals surface area contributed by atoms with Gasteiger partial charge in [-0.3, -0.25) is 0 Å². The molecule has 2 aromatic rings. The number of aromatic nitrogens is 2. The van der Waals surface area contributed by atoms with Crippen LogP contribution in [0.15, 0.2) is 27.3 Å². The molecular formula is C9H4Cl2N2O2S2. The molecule has 0 saturated heterocycles. The monoisotopic (exact) mass is 306 g/mol. The van der Waals surface area contributed by atoms with Crippen molar-refractivity contribution in [2.45, 2.75) is 9.79 Å². The normalized spacial score (nSPS) is 10.5. The molecule has 0 spiro atoms. The van der Waals surface area contributed by atoms with Crippen molar-refractivity contribution in [3.8, 4) is 0 Å². The van der Waals surface area contributed by atoms with Gasteiger partial charge in [-0.1, -0.05) is 35.0 Å². The van der Waals surface area contributed by atoms with Crippen molar-refractivity contribution in [3.05, 3.63) is 32.7 Å². The topological polar surface area (TPSA) is 63.1 Å². The minimum absolute atomic E-state index is 0.238. The molecule has 0 aliphatic carbocycles. The highest BCUT2D eigenvalue weighted by molar-refractivity contribution is 7.99. The van der Waals surface area contributed by atoms with E-state index in [1.807, 2.05) is 0 Å². The van der Waals surface area contributed by atoms with Crippen LogP contribution in [0.25, 0.3) is 0 Å². The summed E-state index contributed by atoms with van der Waals surface area (Å²) >= 11 is 14.0. The predicted molar refractivity (Wildman–Crippen MR) is 67.5 cm³/mol. The van der Waals surface area contributed by atoms with Gasteiger partial charge in [0, 0.05) is 10.3 Å². The molecular weight excluding hydrogens is 303 g/mol. The van der Waals surface area contributed by atoms with E-state index in [1.165, 1.54) is 11.8 Å². The van der Waals surface area contributed by atoms with E-state index in [0.717, 1.165) is 16.2 Å². The second-order valence-corrected chi connectivity index (χ2v) is 5.65. The number of carboxylic acids is 1. The molecule has 0 radical (unpaired) electrons. The molecule has 0 aliphatic rings. The number of halogens is 2. The molecule has 8 heteroatoms. The van der Waals surface area contributed by atoms with Crippen LogP contribution >= 0.6 is 46.3 Å². The lowest BCUT2D eigenvalue weighted by Crippen LogP contribution is -1.90. The third-order valence-corrected chi connectivity index (χ3v) is 4.35. The SMILES string of the molecule is O=C(O)c1cc(Sc2cc(Cl)nnc2Cl)cs1. The Morgan fingerprint density at radius 3 is 2.76 bits per heavy atom. The summed E-state index contributed by atoms with van der Waals surface area (Å²) in [4.78, 5) is 12.4. The number of aromatic carboxylic acids is 1. The summed E-state index contributed by atoms with van der Waals surface area (Å²) in [5.74, 6) is -0.946. The molecule has 0 amide bonds. The molecule has 2 rings (SSSR count). The molecule has 2 aromatic heterocycles. The quantitative estimate of drug-likeness (QED) is 0.937. The number of carboxylic acid groups (broad SMARTS) is 1. The highest BCUT2D eigenvalue weighted by Gasteiger charge is 2.10. The maximum Gasteiger partial charge on any atom is 0.345 e. The first kappa shape index (κ1) is 12.6. The highest BCUT2D eigenvalue weighted by Crippen LogP contribution is 2.35. The molecule has 0 unspecified atom stereocenters. The van der Waals surface area contributed by atoms with Gasteiger partial charge in [-0.15, -0.1) is 21.5 Å². The lowest BCUT2D eigenvalue weighted by Gasteiger charge is -2.00. The van der Waals surface area contributed by atoms with Crippen LogP contribution in [-0.4, -0.2) is 21.3 Å². The zero-order chi connectivity index (χ0) is 12.4. The van der Waals surface area contributed by atoms with Gasteiger partial charge in [0.15, 0.2) is 10.3 Å². The van der Waals surface area contributed by atoms with E-state index in [9.17, 15) is 4.79 Å². The van der Waals surface area contributed by atoms with Crippen LogP contribution in [0.1, 0.15) is 9.67 Å². The molecule has 0 saturated carbocycles. The minimum Gasteiger partial charge on any atom is -0.477 e. The Labute approximate surface area is 115 Å². The van der Waals surface area contributed by atoms with Gasteiger partial charge in [0.1, 0.15) is 4.88 Å². The minimum atomic E-state index is -0.946. The number of hydrogen-bond donors (Lipinski definition) is 1. The Balaban J connectivity index is 2.25. The van der Waals surface area contributed by atoms with E-state index in [-0.39, 0.29) is 15.2 Å². The third kappa shape index (κ3) is 3.10. The molecule has 17 heavy (non-hydrogen) atoms. The Morgan fingerprint density at radius 1 is 1.35 bits per heavy atom. The van der Waals surface area contributed by atoms with Gasteiger partial charge in [-0.05, 0) is 12.1 Å². The number of nitrogens with zero attached hydrogens (tertiary/aromatic N) is 2. The molecule has 0 bridgehead atoms. The summed E-state index contributed by atoms with van der Waals surface area (Å²) < 4.78 is 0. The van der Waals surface area contributed by atoms with Gasteiger partial charge in [-0.2, -0.15) is 0 Å². The summed E-state index contributed by atoms with van der Waals surface area (Å²) in [5.41, 5.74) is 0. The fourth-order valence-electron chi connectivity index (χ4n) is 1.02. The standard InChI is InChI=1S/C9H4Cl2N2O2S2/c10-7-2-5(8(11)13-12-7)17-4-1-6(9(14)15)16-3-4/h1-3H,(H,14,15). The second kappa shape index (κ2) is 5.22. The third-order valence-electron chi connectivity index (χ3n) is 1.70. The number of hydrogen-bond acceptors (Lipinski definition) is 5. The first-order chi connectivity index (χ1) is 8.06. The average molecular weight is 307 g/mol. The van der Waals surface area contributed by atoms with Crippen molar-refractivity contribution in [2.24, 2.45) is 0 Å². The summed E-state index contributed by atoms with van der Waals surface area (Å²) in [6, 6.07) is 3.15. The largest absolute Gasteiger partial charge is 0.477 e. The van der Waals surface area contributed by atoms with E-state index < -0.39 is 5.97 Å². The lowest BCUT2D eigenvalue weighted by atomic mass is 10.5. The maximum absolute atomic E-state index is 10.7. The van der Waals surface area contributed by atoms with Crippen LogP contribution in [0.5, 0.6) is 0 Å². The van der Waals surface area contributed by atoms with Crippen LogP contribution in [0, 0.1) is 0 Å². The van der Waals surface area contributed by atoms with Crippen LogP contribution in [0.4, 0.5) is 0 Å². The Hall–Kier alpha value is -0.820. The van der Waals surface area contributed by atoms with Crippen LogP contribution in [0.3, 0.4) is 0 Å². The van der Waals surface area contributed by atoms with Crippen molar-refractivity contribution in [2.75, 3.05) is 0 Å². The molecule has 0 atom stereocenters. The zero-order valence-electron chi connectivity index (χ0n) is 8.05. The van der Waals surface area contributed by atoms with Gasteiger partial charge in [0.25, 0.3) is 0 Å². The second-order valence-electron chi connectivity index (χ2n) is 2.88. The summed E-state index contributed by atoms with van der Waals surface area (Å²) in [5, 5.41) is 18.3. The molecule has 4 nitrogen and oxygen atoms in total. The van der Waals surface area contributed by atoms with Gasteiger partial charge < -0.3 is 5.11 Å². The Bertz CT molecular complexity index is 574. The molecule has 0 fully saturated rings. The van der Waals surface area contributed by atoms with Gasteiger partial charge in [0.05, 0.1) is 4.90 Å². The van der Waals surface area contributed by atoms with E-state index in [2.05, 4.69) is 10.2 Å². The highest BCUT2D eigenvalue weighted by atomic mass is 35.5.